The number of aromatic nitrogens is 1. The fourth-order valence-electron chi connectivity index (χ4n) is 2.03. The van der Waals surface area contributed by atoms with Gasteiger partial charge in [-0.15, -0.1) is 11.3 Å². The Kier molecular flexibility index (Phi) is 4.33. The zero-order chi connectivity index (χ0) is 12.1. The normalized spacial score (nSPS) is 17.4. The molecule has 94 valence electrons. The number of guanidine groups is 1. The summed E-state index contributed by atoms with van der Waals surface area (Å²) < 4.78 is 0. The highest BCUT2D eigenvalue weighted by atomic mass is 32.1. The molecule has 1 heterocycles. The smallest absolute Gasteiger partial charge is 0.206 e. The average Bonchev–Trinajstić information content (AvgIpc) is 2.96. The van der Waals surface area contributed by atoms with Gasteiger partial charge in [0.2, 0.25) is 5.96 Å². The maximum Gasteiger partial charge on any atom is 0.206 e. The summed E-state index contributed by atoms with van der Waals surface area (Å²) in [5.41, 5.74) is 2.63. The van der Waals surface area contributed by atoms with Crippen molar-refractivity contribution < 1.29 is 0 Å². The molecule has 1 aromatic heterocycles. The van der Waals surface area contributed by atoms with Crippen LogP contribution in [0.1, 0.15) is 35.6 Å². The van der Waals surface area contributed by atoms with Crippen LogP contribution >= 0.6 is 11.3 Å². The lowest BCUT2D eigenvalue weighted by Gasteiger charge is -2.14. The molecule has 5 nitrogen and oxygen atoms in total. The quantitative estimate of drug-likeness (QED) is 0.328. The van der Waals surface area contributed by atoms with Crippen molar-refractivity contribution in [2.45, 2.75) is 45.2 Å². The van der Waals surface area contributed by atoms with Crippen molar-refractivity contribution in [3.8, 4) is 0 Å². The van der Waals surface area contributed by atoms with E-state index < -0.39 is 0 Å². The molecule has 0 spiro atoms. The van der Waals surface area contributed by atoms with Crippen molar-refractivity contribution in [3.63, 3.8) is 0 Å². The van der Waals surface area contributed by atoms with Gasteiger partial charge in [-0.1, -0.05) is 12.8 Å². The summed E-state index contributed by atoms with van der Waals surface area (Å²) in [5, 5.41) is 4.41. The Morgan fingerprint density at radius 3 is 2.94 bits per heavy atom. The van der Waals surface area contributed by atoms with Gasteiger partial charge in [0.1, 0.15) is 0 Å². The van der Waals surface area contributed by atoms with E-state index in [4.69, 9.17) is 5.84 Å². The van der Waals surface area contributed by atoms with Gasteiger partial charge in [-0.2, -0.15) is 0 Å². The maximum atomic E-state index is 5.46. The molecule has 6 heteroatoms. The molecule has 0 unspecified atom stereocenters. The first-order chi connectivity index (χ1) is 8.28. The summed E-state index contributed by atoms with van der Waals surface area (Å²) in [5.74, 6) is 6.15. The summed E-state index contributed by atoms with van der Waals surface area (Å²) in [6.45, 7) is 2.63. The molecule has 17 heavy (non-hydrogen) atoms. The molecular formula is C11H19N5S. The van der Waals surface area contributed by atoms with E-state index in [0.717, 1.165) is 9.88 Å². The van der Waals surface area contributed by atoms with Gasteiger partial charge in [-0.3, -0.25) is 5.43 Å². The molecule has 1 aliphatic rings. The molecule has 0 aromatic carbocycles. The third kappa shape index (κ3) is 3.67. The summed E-state index contributed by atoms with van der Waals surface area (Å²) in [7, 11) is 0. The molecule has 4 N–H and O–H groups in total. The Morgan fingerprint density at radius 2 is 2.35 bits per heavy atom. The fraction of sp³-hybridized carbons (Fsp3) is 0.636. The van der Waals surface area contributed by atoms with E-state index >= 15 is 0 Å². The number of hydrazine groups is 1. The number of aryl methyl sites for hydroxylation is 1. The first-order valence-corrected chi connectivity index (χ1v) is 6.78. The number of hydrogen-bond donors (Lipinski definition) is 3. The molecule has 1 fully saturated rings. The van der Waals surface area contributed by atoms with E-state index in [1.807, 2.05) is 13.1 Å². The fourth-order valence-corrected chi connectivity index (χ4v) is 2.75. The van der Waals surface area contributed by atoms with Crippen LogP contribution in [0.2, 0.25) is 0 Å². The van der Waals surface area contributed by atoms with Gasteiger partial charge in [0.05, 0.1) is 11.6 Å². The summed E-state index contributed by atoms with van der Waals surface area (Å²) in [6, 6.07) is 0.521. The van der Waals surface area contributed by atoms with Crippen LogP contribution in [0, 0.1) is 6.92 Å². The van der Waals surface area contributed by atoms with Gasteiger partial charge < -0.3 is 5.32 Å². The van der Waals surface area contributed by atoms with Crippen molar-refractivity contribution in [3.05, 3.63) is 16.1 Å². The highest BCUT2D eigenvalue weighted by Gasteiger charge is 2.15. The second-order valence-corrected chi connectivity index (χ2v) is 5.60. The molecule has 2 rings (SSSR count). The highest BCUT2D eigenvalue weighted by Crippen LogP contribution is 2.17. The topological polar surface area (TPSA) is 75.3 Å². The second kappa shape index (κ2) is 5.97. The van der Waals surface area contributed by atoms with Gasteiger partial charge in [-0.05, 0) is 19.8 Å². The Bertz CT molecular complexity index is 381. The highest BCUT2D eigenvalue weighted by molar-refractivity contribution is 7.11. The van der Waals surface area contributed by atoms with Crippen LogP contribution in [0.25, 0.3) is 0 Å². The number of nitrogens with zero attached hydrogens (tertiary/aromatic N) is 2. The predicted octanol–water partition coefficient (Wildman–Crippen LogP) is 1.30. The Hall–Kier alpha value is -1.14. The number of hydrogen-bond acceptors (Lipinski definition) is 4. The van der Waals surface area contributed by atoms with Gasteiger partial charge >= 0.3 is 0 Å². The van der Waals surface area contributed by atoms with Crippen molar-refractivity contribution in [2.75, 3.05) is 0 Å². The molecule has 0 aliphatic heterocycles. The summed E-state index contributed by atoms with van der Waals surface area (Å²) in [6.07, 6.45) is 6.88. The molecule has 0 saturated heterocycles. The molecule has 1 aromatic rings. The van der Waals surface area contributed by atoms with Crippen LogP contribution in [-0.2, 0) is 6.54 Å². The molecule has 0 radical (unpaired) electrons. The zero-order valence-corrected chi connectivity index (χ0v) is 10.9. The van der Waals surface area contributed by atoms with E-state index in [1.165, 1.54) is 25.7 Å². The van der Waals surface area contributed by atoms with Crippen LogP contribution in [0.4, 0.5) is 0 Å². The van der Waals surface area contributed by atoms with Crippen LogP contribution < -0.4 is 16.6 Å². The minimum Gasteiger partial charge on any atom is -0.353 e. The van der Waals surface area contributed by atoms with E-state index in [1.54, 1.807) is 11.3 Å². The average molecular weight is 253 g/mol. The van der Waals surface area contributed by atoms with Gasteiger partial charge in [-0.25, -0.2) is 15.8 Å². The second-order valence-electron chi connectivity index (χ2n) is 4.28. The molecule has 1 saturated carbocycles. The van der Waals surface area contributed by atoms with Crippen molar-refractivity contribution >= 4 is 17.3 Å². The van der Waals surface area contributed by atoms with Gasteiger partial charge in [0.25, 0.3) is 0 Å². The number of thiazole rings is 1. The lowest BCUT2D eigenvalue weighted by atomic mass is 10.2. The monoisotopic (exact) mass is 253 g/mol. The lowest BCUT2D eigenvalue weighted by molar-refractivity contribution is 0.614. The van der Waals surface area contributed by atoms with E-state index in [0.29, 0.717) is 18.5 Å². The SMILES string of the molecule is Cc1ncc(CN=C(NN)NC2CCCC2)s1. The standard InChI is InChI=1S/C11H19N5S/c1-8-13-6-10(17-8)7-14-11(16-12)15-9-4-2-3-5-9/h6,9H,2-5,7,12H2,1H3,(H2,14,15,16). The zero-order valence-electron chi connectivity index (χ0n) is 10.1. The maximum absolute atomic E-state index is 5.46. The predicted molar refractivity (Wildman–Crippen MR) is 70.7 cm³/mol. The Balaban J connectivity index is 1.88. The molecular weight excluding hydrogens is 234 g/mol. The van der Waals surface area contributed by atoms with Crippen LogP contribution in [0.3, 0.4) is 0 Å². The largest absolute Gasteiger partial charge is 0.353 e. The van der Waals surface area contributed by atoms with Crippen molar-refractivity contribution in [1.29, 1.82) is 0 Å². The van der Waals surface area contributed by atoms with Gasteiger partial charge in [0.15, 0.2) is 0 Å². The van der Waals surface area contributed by atoms with E-state index in [9.17, 15) is 0 Å². The molecule has 0 atom stereocenters. The Morgan fingerprint density at radius 1 is 1.59 bits per heavy atom. The third-order valence-electron chi connectivity index (χ3n) is 2.89. The number of rotatable bonds is 3. The molecule has 0 bridgehead atoms. The van der Waals surface area contributed by atoms with Crippen molar-refractivity contribution in [2.24, 2.45) is 10.8 Å². The number of nitrogens with one attached hydrogen (secondary N) is 2. The van der Waals surface area contributed by atoms with E-state index in [2.05, 4.69) is 20.7 Å². The first kappa shape index (κ1) is 12.3. The number of aliphatic imine (C=N–C) groups is 1. The third-order valence-corrected chi connectivity index (χ3v) is 3.79. The van der Waals surface area contributed by atoms with Crippen LogP contribution in [0.15, 0.2) is 11.2 Å². The lowest BCUT2D eigenvalue weighted by Crippen LogP contribution is -2.45. The molecule has 0 amide bonds. The Labute approximate surface area is 106 Å². The first-order valence-electron chi connectivity index (χ1n) is 5.97. The van der Waals surface area contributed by atoms with Crippen LogP contribution in [-0.4, -0.2) is 17.0 Å². The minimum absolute atomic E-state index is 0.521. The molecule has 1 aliphatic carbocycles. The minimum atomic E-state index is 0.521. The number of nitrogens with two attached hydrogens (primary N) is 1. The summed E-state index contributed by atoms with van der Waals surface area (Å²) in [4.78, 5) is 9.79. The summed E-state index contributed by atoms with van der Waals surface area (Å²) >= 11 is 1.67. The van der Waals surface area contributed by atoms with E-state index in [-0.39, 0.29) is 0 Å². The van der Waals surface area contributed by atoms with Crippen molar-refractivity contribution in [1.82, 2.24) is 15.7 Å². The van der Waals surface area contributed by atoms with Gasteiger partial charge in [0, 0.05) is 17.1 Å². The van der Waals surface area contributed by atoms with Crippen LogP contribution in [0.5, 0.6) is 0 Å².